The largest absolute Gasteiger partial charge is 0.435 e. The third-order valence-corrected chi connectivity index (χ3v) is 5.38. The predicted molar refractivity (Wildman–Crippen MR) is 109 cm³/mol. The van der Waals surface area contributed by atoms with Crippen LogP contribution in [0.15, 0.2) is 36.7 Å². The van der Waals surface area contributed by atoms with E-state index in [1.54, 1.807) is 0 Å². The van der Waals surface area contributed by atoms with Crippen molar-refractivity contribution < 1.29 is 35.1 Å². The number of hydrogen-bond acceptors (Lipinski definition) is 7. The smallest absolute Gasteiger partial charge is 0.246 e. The summed E-state index contributed by atoms with van der Waals surface area (Å²) in [5.74, 6) is -11.0. The van der Waals surface area contributed by atoms with Gasteiger partial charge in [0, 0.05) is 24.9 Å². The van der Waals surface area contributed by atoms with E-state index in [1.165, 1.54) is 35.3 Å². The molecule has 3 N–H and O–H groups in total. The molecule has 0 atom stereocenters. The summed E-state index contributed by atoms with van der Waals surface area (Å²) in [5.41, 5.74) is 4.58. The van der Waals surface area contributed by atoms with E-state index in [9.17, 15) is 30.4 Å². The molecule has 8 nitrogen and oxygen atoms in total. The Morgan fingerprint density at radius 2 is 1.85 bits per heavy atom. The summed E-state index contributed by atoms with van der Waals surface area (Å²) in [4.78, 5) is 11.6. The van der Waals surface area contributed by atoms with Crippen molar-refractivity contribution in [3.63, 3.8) is 0 Å². The van der Waals surface area contributed by atoms with Crippen molar-refractivity contribution in [3.05, 3.63) is 54.1 Å². The second kappa shape index (κ2) is 9.13. The number of nitrogens with one attached hydrogen (secondary N) is 1. The molecule has 0 spiro atoms. The maximum absolute atomic E-state index is 14.6. The first-order valence-corrected chi connectivity index (χ1v) is 10.8. The lowest BCUT2D eigenvalue weighted by Crippen LogP contribution is -2.23. The van der Waals surface area contributed by atoms with Crippen molar-refractivity contribution in [1.29, 1.82) is 0 Å². The third kappa shape index (κ3) is 6.03. The number of hydrogen-bond donors (Lipinski definition) is 2. The number of aromatic nitrogens is 3. The zero-order chi connectivity index (χ0) is 24.4. The number of ether oxygens (including phenoxy) is 1. The Labute approximate surface area is 184 Å². The summed E-state index contributed by atoms with van der Waals surface area (Å²) in [6, 6.07) is 4.80. The highest BCUT2D eigenvalue weighted by Gasteiger charge is 2.28. The molecule has 0 saturated heterocycles. The number of nitrogen functional groups attached to an aromatic ring is 1. The number of nitrogens with two attached hydrogens (primary N) is 1. The highest BCUT2D eigenvalue weighted by Crippen LogP contribution is 2.35. The zero-order valence-electron chi connectivity index (χ0n) is 16.8. The first-order valence-electron chi connectivity index (χ1n) is 9.14. The van der Waals surface area contributed by atoms with Gasteiger partial charge in [-0.3, -0.25) is 4.72 Å². The van der Waals surface area contributed by atoms with Gasteiger partial charge >= 0.3 is 0 Å². The Morgan fingerprint density at radius 1 is 1.12 bits per heavy atom. The van der Waals surface area contributed by atoms with Gasteiger partial charge < -0.3 is 10.5 Å². The van der Waals surface area contributed by atoms with E-state index >= 15 is 0 Å². The van der Waals surface area contributed by atoms with Gasteiger partial charge in [0.25, 0.3) is 0 Å². The number of sulfonamides is 1. The van der Waals surface area contributed by atoms with Crippen LogP contribution in [0.2, 0.25) is 0 Å². The van der Waals surface area contributed by atoms with Crippen LogP contribution in [0.25, 0.3) is 11.3 Å². The van der Waals surface area contributed by atoms with Gasteiger partial charge in [-0.2, -0.15) is 4.39 Å². The minimum Gasteiger partial charge on any atom is -0.435 e. The molecule has 0 aliphatic rings. The van der Waals surface area contributed by atoms with Crippen LogP contribution in [-0.2, 0) is 10.0 Å². The molecule has 33 heavy (non-hydrogen) atoms. The Hall–Kier alpha value is -3.55. The number of rotatable bonds is 8. The molecule has 0 fully saturated rings. The second-order valence-corrected chi connectivity index (χ2v) is 8.70. The Balaban J connectivity index is 1.92. The van der Waals surface area contributed by atoms with Crippen LogP contribution in [-0.4, -0.2) is 35.0 Å². The number of halogens is 5. The SMILES string of the molecule is CC(F)(F)CCS(=O)(=O)Nc1c(F)cc(Oc2ncccc2-c2ccnc(N)n2)c(F)c1F. The van der Waals surface area contributed by atoms with E-state index in [0.29, 0.717) is 13.0 Å². The van der Waals surface area contributed by atoms with Gasteiger partial charge in [0.1, 0.15) is 5.69 Å². The summed E-state index contributed by atoms with van der Waals surface area (Å²) in [6.07, 6.45) is 1.49. The van der Waals surface area contributed by atoms with Gasteiger partial charge in [0.05, 0.1) is 17.0 Å². The molecule has 1 aromatic carbocycles. The van der Waals surface area contributed by atoms with Crippen LogP contribution in [0.1, 0.15) is 13.3 Å². The molecular formula is C19H16F5N5O3S. The molecule has 2 heterocycles. The zero-order valence-corrected chi connectivity index (χ0v) is 17.6. The van der Waals surface area contributed by atoms with Crippen molar-refractivity contribution in [2.75, 3.05) is 16.2 Å². The van der Waals surface area contributed by atoms with Gasteiger partial charge in [0.15, 0.2) is 17.4 Å². The molecule has 3 aromatic rings. The summed E-state index contributed by atoms with van der Waals surface area (Å²) in [5, 5.41) is 0. The molecule has 0 aliphatic carbocycles. The maximum atomic E-state index is 14.6. The minimum atomic E-state index is -4.60. The number of alkyl halides is 2. The van der Waals surface area contributed by atoms with Crippen LogP contribution < -0.4 is 15.2 Å². The molecular weight excluding hydrogens is 473 g/mol. The fourth-order valence-corrected chi connectivity index (χ4v) is 3.78. The fourth-order valence-electron chi connectivity index (χ4n) is 2.56. The lowest BCUT2D eigenvalue weighted by atomic mass is 10.2. The van der Waals surface area contributed by atoms with Crippen molar-refractivity contribution >= 4 is 21.7 Å². The summed E-state index contributed by atoms with van der Waals surface area (Å²) in [6.45, 7) is 0.483. The Bertz CT molecular complexity index is 1290. The summed E-state index contributed by atoms with van der Waals surface area (Å²) < 4.78 is 99.8. The van der Waals surface area contributed by atoms with Crippen LogP contribution >= 0.6 is 0 Å². The van der Waals surface area contributed by atoms with E-state index in [-0.39, 0.29) is 23.1 Å². The monoisotopic (exact) mass is 489 g/mol. The molecule has 14 heteroatoms. The van der Waals surface area contributed by atoms with E-state index in [1.807, 2.05) is 0 Å². The van der Waals surface area contributed by atoms with Gasteiger partial charge in [-0.05, 0) is 25.1 Å². The van der Waals surface area contributed by atoms with Crippen molar-refractivity contribution in [2.24, 2.45) is 0 Å². The van der Waals surface area contributed by atoms with Gasteiger partial charge in [-0.15, -0.1) is 0 Å². The molecule has 2 aromatic heterocycles. The summed E-state index contributed by atoms with van der Waals surface area (Å²) in [7, 11) is -4.60. The molecule has 176 valence electrons. The standard InChI is InChI=1S/C19H16F5N5O3S/c1-19(23,24)5-8-33(30,31)29-16-11(20)9-13(14(21)15(16)22)32-17-10(3-2-6-26-17)12-4-7-27-18(25)28-12/h2-4,6-7,9,29H,5,8H2,1H3,(H2,25,27,28). The van der Waals surface area contributed by atoms with Gasteiger partial charge in [-0.1, -0.05) is 0 Å². The normalized spacial score (nSPS) is 11.9. The molecule has 0 bridgehead atoms. The number of nitrogens with zero attached hydrogens (tertiary/aromatic N) is 3. The molecule has 0 amide bonds. The third-order valence-electron chi connectivity index (χ3n) is 4.12. The topological polar surface area (TPSA) is 120 Å². The second-order valence-electron chi connectivity index (χ2n) is 6.86. The van der Waals surface area contributed by atoms with Crippen molar-refractivity contribution in [1.82, 2.24) is 15.0 Å². The number of benzene rings is 1. The van der Waals surface area contributed by atoms with Crippen molar-refractivity contribution in [2.45, 2.75) is 19.3 Å². The lowest BCUT2D eigenvalue weighted by Gasteiger charge is -2.15. The minimum absolute atomic E-state index is 0.0805. The Kier molecular flexibility index (Phi) is 6.67. The van der Waals surface area contributed by atoms with E-state index in [2.05, 4.69) is 15.0 Å². The lowest BCUT2D eigenvalue weighted by molar-refractivity contribution is 0.0189. The van der Waals surface area contributed by atoms with E-state index in [4.69, 9.17) is 10.5 Å². The molecule has 0 saturated carbocycles. The predicted octanol–water partition coefficient (Wildman–Crippen LogP) is 4.12. The van der Waals surface area contributed by atoms with Gasteiger partial charge in [-0.25, -0.2) is 40.9 Å². The van der Waals surface area contributed by atoms with Crippen LogP contribution in [0.4, 0.5) is 33.6 Å². The van der Waals surface area contributed by atoms with Crippen molar-refractivity contribution in [3.8, 4) is 22.9 Å². The highest BCUT2D eigenvalue weighted by molar-refractivity contribution is 7.92. The van der Waals surface area contributed by atoms with Crippen LogP contribution in [0, 0.1) is 17.5 Å². The fraction of sp³-hybridized carbons (Fsp3) is 0.211. The van der Waals surface area contributed by atoms with Crippen LogP contribution in [0.5, 0.6) is 11.6 Å². The van der Waals surface area contributed by atoms with E-state index < -0.39 is 57.0 Å². The van der Waals surface area contributed by atoms with Gasteiger partial charge in [0.2, 0.25) is 33.6 Å². The maximum Gasteiger partial charge on any atom is 0.246 e. The molecule has 0 radical (unpaired) electrons. The van der Waals surface area contributed by atoms with Crippen LogP contribution in [0.3, 0.4) is 0 Å². The quantitative estimate of drug-likeness (QED) is 0.361. The molecule has 0 aliphatic heterocycles. The average molecular weight is 489 g/mol. The summed E-state index contributed by atoms with van der Waals surface area (Å²) >= 11 is 0. The van der Waals surface area contributed by atoms with E-state index in [0.717, 1.165) is 0 Å². The molecule has 0 unspecified atom stereocenters. The Morgan fingerprint density at radius 3 is 2.52 bits per heavy atom. The average Bonchev–Trinajstić information content (AvgIpc) is 2.74. The first kappa shape index (κ1) is 24.1. The number of anilines is 2. The highest BCUT2D eigenvalue weighted by atomic mass is 32.2. The number of pyridine rings is 1. The molecule has 3 rings (SSSR count). The first-order chi connectivity index (χ1) is 15.4.